The largest absolute Gasteiger partial charge is 0.444 e. The van der Waals surface area contributed by atoms with Crippen LogP contribution in [0.5, 0.6) is 5.75 Å². The summed E-state index contributed by atoms with van der Waals surface area (Å²) in [6.07, 6.45) is 2.05. The van der Waals surface area contributed by atoms with E-state index in [1.807, 2.05) is 20.8 Å². The van der Waals surface area contributed by atoms with Crippen LogP contribution in [0.2, 0.25) is 0 Å². The Balaban J connectivity index is 1.81. The first-order chi connectivity index (χ1) is 12.1. The average Bonchev–Trinajstić information content (AvgIpc) is 3.10. The molecule has 0 bridgehead atoms. The van der Waals surface area contributed by atoms with Crippen LogP contribution in [0.3, 0.4) is 0 Å². The highest BCUT2D eigenvalue weighted by Crippen LogP contribution is 2.30. The SMILES string of the molecule is CC(=O)Oc1cc(F)cc2cn(C3CCN(C(=O)OC(C)(C)C)C3)nc12. The van der Waals surface area contributed by atoms with Crippen molar-refractivity contribution in [1.29, 1.82) is 0 Å². The van der Waals surface area contributed by atoms with E-state index < -0.39 is 17.4 Å². The highest BCUT2D eigenvalue weighted by molar-refractivity contribution is 5.86. The number of benzene rings is 1. The number of hydrogen-bond acceptors (Lipinski definition) is 5. The Morgan fingerprint density at radius 2 is 2.04 bits per heavy atom. The van der Waals surface area contributed by atoms with Crippen LogP contribution >= 0.6 is 0 Å². The van der Waals surface area contributed by atoms with Gasteiger partial charge in [0.05, 0.1) is 6.04 Å². The molecule has 1 aliphatic heterocycles. The third-order valence-corrected chi connectivity index (χ3v) is 4.00. The Morgan fingerprint density at radius 1 is 1.31 bits per heavy atom. The van der Waals surface area contributed by atoms with Gasteiger partial charge in [0, 0.05) is 37.7 Å². The number of ether oxygens (including phenoxy) is 2. The molecule has 7 nitrogen and oxygen atoms in total. The van der Waals surface area contributed by atoms with Crippen molar-refractivity contribution >= 4 is 23.0 Å². The summed E-state index contributed by atoms with van der Waals surface area (Å²) < 4.78 is 25.9. The molecule has 1 aromatic heterocycles. The first-order valence-electron chi connectivity index (χ1n) is 8.47. The third-order valence-electron chi connectivity index (χ3n) is 4.00. The predicted octanol–water partition coefficient (Wildman–Crippen LogP) is 3.28. The number of rotatable bonds is 2. The second-order valence-electron chi connectivity index (χ2n) is 7.41. The molecule has 0 N–H and O–H groups in total. The van der Waals surface area contributed by atoms with Crippen molar-refractivity contribution in [2.75, 3.05) is 13.1 Å². The van der Waals surface area contributed by atoms with Crippen LogP contribution in [0.1, 0.15) is 40.2 Å². The molecule has 0 aliphatic carbocycles. The highest BCUT2D eigenvalue weighted by Gasteiger charge is 2.31. The lowest BCUT2D eigenvalue weighted by Gasteiger charge is -2.24. The molecule has 3 rings (SSSR count). The second-order valence-corrected chi connectivity index (χ2v) is 7.41. The van der Waals surface area contributed by atoms with Gasteiger partial charge in [0.1, 0.15) is 16.9 Å². The van der Waals surface area contributed by atoms with Crippen LogP contribution in [-0.4, -0.2) is 45.4 Å². The lowest BCUT2D eigenvalue weighted by Crippen LogP contribution is -2.35. The first kappa shape index (κ1) is 18.2. The van der Waals surface area contributed by atoms with Crippen LogP contribution in [0.4, 0.5) is 9.18 Å². The van der Waals surface area contributed by atoms with Gasteiger partial charge < -0.3 is 14.4 Å². The molecule has 0 radical (unpaired) electrons. The highest BCUT2D eigenvalue weighted by atomic mass is 19.1. The number of fused-ring (bicyclic) bond motifs is 1. The zero-order valence-corrected chi connectivity index (χ0v) is 15.3. The molecule has 1 saturated heterocycles. The maximum atomic E-state index is 13.8. The zero-order valence-electron chi connectivity index (χ0n) is 15.3. The summed E-state index contributed by atoms with van der Waals surface area (Å²) >= 11 is 0. The van der Waals surface area contributed by atoms with Crippen molar-refractivity contribution in [3.05, 3.63) is 24.1 Å². The normalized spacial score (nSPS) is 17.6. The van der Waals surface area contributed by atoms with E-state index in [0.717, 1.165) is 6.07 Å². The molecule has 2 aromatic rings. The van der Waals surface area contributed by atoms with Crippen LogP contribution < -0.4 is 4.74 Å². The quantitative estimate of drug-likeness (QED) is 0.605. The number of esters is 1. The molecular formula is C18H22FN3O4. The van der Waals surface area contributed by atoms with Gasteiger partial charge in [-0.3, -0.25) is 9.48 Å². The smallest absolute Gasteiger partial charge is 0.410 e. The van der Waals surface area contributed by atoms with Gasteiger partial charge in [-0.15, -0.1) is 0 Å². The second kappa shape index (κ2) is 6.59. The summed E-state index contributed by atoms with van der Waals surface area (Å²) in [7, 11) is 0. The number of aromatic nitrogens is 2. The maximum absolute atomic E-state index is 13.8. The Hall–Kier alpha value is -2.64. The molecule has 140 valence electrons. The summed E-state index contributed by atoms with van der Waals surface area (Å²) in [6, 6.07) is 2.43. The minimum absolute atomic E-state index is 0.0526. The maximum Gasteiger partial charge on any atom is 0.410 e. The van der Waals surface area contributed by atoms with Crippen LogP contribution in [-0.2, 0) is 9.53 Å². The van der Waals surface area contributed by atoms with Crippen molar-refractivity contribution in [1.82, 2.24) is 14.7 Å². The number of carbonyl (C=O) groups excluding carboxylic acids is 2. The number of hydrogen-bond donors (Lipinski definition) is 0. The monoisotopic (exact) mass is 363 g/mol. The van der Waals surface area contributed by atoms with E-state index in [-0.39, 0.29) is 17.9 Å². The molecule has 2 heterocycles. The van der Waals surface area contributed by atoms with E-state index in [9.17, 15) is 14.0 Å². The summed E-state index contributed by atoms with van der Waals surface area (Å²) in [4.78, 5) is 25.1. The van der Waals surface area contributed by atoms with E-state index in [1.54, 1.807) is 15.8 Å². The summed E-state index contributed by atoms with van der Waals surface area (Å²) in [6.45, 7) is 7.73. The lowest BCUT2D eigenvalue weighted by molar-refractivity contribution is -0.131. The predicted molar refractivity (Wildman–Crippen MR) is 92.5 cm³/mol. The van der Waals surface area contributed by atoms with Gasteiger partial charge in [0.2, 0.25) is 0 Å². The number of amides is 1. The molecule has 0 spiro atoms. The minimum atomic E-state index is -0.550. The van der Waals surface area contributed by atoms with Crippen molar-refractivity contribution in [2.45, 2.75) is 45.8 Å². The van der Waals surface area contributed by atoms with Gasteiger partial charge in [-0.2, -0.15) is 5.10 Å². The topological polar surface area (TPSA) is 73.7 Å². The van der Waals surface area contributed by atoms with Crippen LogP contribution in [0.25, 0.3) is 10.9 Å². The van der Waals surface area contributed by atoms with Crippen molar-refractivity contribution < 1.29 is 23.5 Å². The van der Waals surface area contributed by atoms with E-state index >= 15 is 0 Å². The third kappa shape index (κ3) is 3.95. The van der Waals surface area contributed by atoms with Crippen molar-refractivity contribution in [3.8, 4) is 5.75 Å². The molecule has 0 saturated carbocycles. The fraction of sp³-hybridized carbons (Fsp3) is 0.500. The van der Waals surface area contributed by atoms with Gasteiger partial charge in [0.15, 0.2) is 5.75 Å². The van der Waals surface area contributed by atoms with E-state index in [1.165, 1.54) is 13.0 Å². The van der Waals surface area contributed by atoms with E-state index in [4.69, 9.17) is 9.47 Å². The Kier molecular flexibility index (Phi) is 4.60. The summed E-state index contributed by atoms with van der Waals surface area (Å²) in [5.74, 6) is -0.952. The fourth-order valence-electron chi connectivity index (χ4n) is 2.96. The van der Waals surface area contributed by atoms with Crippen molar-refractivity contribution in [2.24, 2.45) is 0 Å². The number of likely N-dealkylation sites (tertiary alicyclic amines) is 1. The van der Waals surface area contributed by atoms with Crippen LogP contribution in [0, 0.1) is 5.82 Å². The van der Waals surface area contributed by atoms with Gasteiger partial charge in [-0.25, -0.2) is 9.18 Å². The van der Waals surface area contributed by atoms with E-state index in [2.05, 4.69) is 5.10 Å². The molecule has 1 amide bonds. The zero-order chi connectivity index (χ0) is 19.1. The van der Waals surface area contributed by atoms with Crippen LogP contribution in [0.15, 0.2) is 18.3 Å². The molecule has 1 aliphatic rings. The Bertz CT molecular complexity index is 856. The summed E-state index contributed by atoms with van der Waals surface area (Å²) in [5.41, 5.74) is -0.135. The Labute approximate surface area is 150 Å². The first-order valence-corrected chi connectivity index (χ1v) is 8.47. The fourth-order valence-corrected chi connectivity index (χ4v) is 2.96. The molecule has 1 fully saturated rings. The molecule has 26 heavy (non-hydrogen) atoms. The van der Waals surface area contributed by atoms with Crippen molar-refractivity contribution in [3.63, 3.8) is 0 Å². The molecule has 8 heteroatoms. The number of nitrogens with zero attached hydrogens (tertiary/aromatic N) is 3. The average molecular weight is 363 g/mol. The van der Waals surface area contributed by atoms with Gasteiger partial charge in [-0.1, -0.05) is 0 Å². The van der Waals surface area contributed by atoms with Gasteiger partial charge >= 0.3 is 12.1 Å². The standard InChI is InChI=1S/C18H22FN3O4/c1-11(23)25-15-8-13(19)7-12-9-22(20-16(12)15)14-5-6-21(10-14)17(24)26-18(2,3)4/h7-9,14H,5-6,10H2,1-4H3. The molecule has 1 unspecified atom stereocenters. The van der Waals surface area contributed by atoms with Gasteiger partial charge in [-0.05, 0) is 33.3 Å². The minimum Gasteiger partial charge on any atom is -0.444 e. The Morgan fingerprint density at radius 3 is 2.69 bits per heavy atom. The molecule has 1 aromatic carbocycles. The number of carbonyl (C=O) groups is 2. The van der Waals surface area contributed by atoms with Gasteiger partial charge in [0.25, 0.3) is 0 Å². The van der Waals surface area contributed by atoms with E-state index in [0.29, 0.717) is 30.4 Å². The number of halogens is 1. The summed E-state index contributed by atoms with van der Waals surface area (Å²) in [5, 5.41) is 4.99. The lowest BCUT2D eigenvalue weighted by atomic mass is 10.2. The molecular weight excluding hydrogens is 341 g/mol. The molecule has 1 atom stereocenters.